The normalized spacial score (nSPS) is 19.8. The van der Waals surface area contributed by atoms with E-state index < -0.39 is 0 Å². The number of ether oxygens (including phenoxy) is 1. The summed E-state index contributed by atoms with van der Waals surface area (Å²) in [5.74, 6) is 2.58. The maximum atomic E-state index is 5.28. The zero-order chi connectivity index (χ0) is 22.6. The number of aromatic nitrogens is 5. The first-order chi connectivity index (χ1) is 16.2. The predicted octanol–water partition coefficient (Wildman–Crippen LogP) is 3.71. The first-order valence-electron chi connectivity index (χ1n) is 12.0. The van der Waals surface area contributed by atoms with Crippen molar-refractivity contribution in [1.29, 1.82) is 0 Å². The summed E-state index contributed by atoms with van der Waals surface area (Å²) in [4.78, 5) is 11.1. The van der Waals surface area contributed by atoms with Crippen molar-refractivity contribution in [2.45, 2.75) is 51.1 Å². The molecule has 5 rings (SSSR count). The van der Waals surface area contributed by atoms with Crippen LogP contribution in [0.15, 0.2) is 43.1 Å². The number of imidazole rings is 1. The minimum absolute atomic E-state index is 0.0321. The number of pyridine rings is 1. The van der Waals surface area contributed by atoms with Crippen molar-refractivity contribution < 1.29 is 4.74 Å². The minimum atomic E-state index is 0.0321. The third-order valence-electron chi connectivity index (χ3n) is 7.06. The molecule has 2 unspecified atom stereocenters. The lowest BCUT2D eigenvalue weighted by Crippen LogP contribution is -2.47. The minimum Gasteiger partial charge on any atom is -0.495 e. The molecule has 4 heterocycles. The molecule has 0 radical (unpaired) electrons. The van der Waals surface area contributed by atoms with Crippen LogP contribution in [0.1, 0.15) is 50.8 Å². The number of rotatable bonds is 8. The Hall–Kier alpha value is -3.00. The van der Waals surface area contributed by atoms with Gasteiger partial charge in [0.1, 0.15) is 5.75 Å². The molecule has 3 aromatic rings. The molecule has 2 fully saturated rings. The summed E-state index contributed by atoms with van der Waals surface area (Å²) in [6.07, 6.45) is 14.0. The molecule has 1 aliphatic carbocycles. The van der Waals surface area contributed by atoms with Crippen LogP contribution in [0.5, 0.6) is 5.75 Å². The van der Waals surface area contributed by atoms with E-state index in [1.165, 1.54) is 38.6 Å². The number of hydrogen-bond donors (Lipinski definition) is 1. The predicted molar refractivity (Wildman–Crippen MR) is 128 cm³/mol. The molecule has 0 spiro atoms. The molecule has 3 aromatic heterocycles. The summed E-state index contributed by atoms with van der Waals surface area (Å²) < 4.78 is 7.33. The molecule has 2 atom stereocenters. The van der Waals surface area contributed by atoms with Crippen LogP contribution in [0.2, 0.25) is 0 Å². The SMILES string of the molecule is COc1cncc(-c2cn(C(C)c3ccc(N4CCCC(NCC5CCC5)C4)nn3)cn2)c1. The third-order valence-corrected chi connectivity index (χ3v) is 7.06. The Morgan fingerprint density at radius 2 is 2.06 bits per heavy atom. The van der Waals surface area contributed by atoms with E-state index in [2.05, 4.69) is 54.0 Å². The Morgan fingerprint density at radius 1 is 1.15 bits per heavy atom. The first kappa shape index (κ1) is 21.8. The first-order valence-corrected chi connectivity index (χ1v) is 12.0. The van der Waals surface area contributed by atoms with Crippen molar-refractivity contribution in [2.24, 2.45) is 5.92 Å². The van der Waals surface area contributed by atoms with Gasteiger partial charge in [0.15, 0.2) is 5.82 Å². The summed E-state index contributed by atoms with van der Waals surface area (Å²) in [6.45, 7) is 5.33. The van der Waals surface area contributed by atoms with Crippen molar-refractivity contribution in [2.75, 3.05) is 31.6 Å². The molecular formula is C25H33N7O. The monoisotopic (exact) mass is 447 g/mol. The highest BCUT2D eigenvalue weighted by Crippen LogP contribution is 2.27. The number of methoxy groups -OCH3 is 1. The van der Waals surface area contributed by atoms with Gasteiger partial charge in [-0.05, 0) is 63.3 Å². The van der Waals surface area contributed by atoms with Gasteiger partial charge in [-0.15, -0.1) is 5.10 Å². The van der Waals surface area contributed by atoms with Crippen molar-refractivity contribution in [3.63, 3.8) is 0 Å². The summed E-state index contributed by atoms with van der Waals surface area (Å²) in [6, 6.07) is 6.72. The maximum Gasteiger partial charge on any atom is 0.151 e. The number of piperidine rings is 1. The van der Waals surface area contributed by atoms with Gasteiger partial charge in [-0.2, -0.15) is 5.10 Å². The maximum absolute atomic E-state index is 5.28. The third kappa shape index (κ3) is 5.00. The molecule has 0 bridgehead atoms. The lowest BCUT2D eigenvalue weighted by molar-refractivity contribution is 0.280. The summed E-state index contributed by atoms with van der Waals surface area (Å²) >= 11 is 0. The quantitative estimate of drug-likeness (QED) is 0.564. The molecule has 1 aliphatic heterocycles. The Bertz CT molecular complexity index is 1050. The average molecular weight is 448 g/mol. The number of hydrogen-bond acceptors (Lipinski definition) is 7. The zero-order valence-corrected chi connectivity index (χ0v) is 19.5. The van der Waals surface area contributed by atoms with Gasteiger partial charge in [-0.1, -0.05) is 6.42 Å². The van der Waals surface area contributed by atoms with E-state index in [1.807, 2.05) is 18.6 Å². The molecule has 1 saturated heterocycles. The van der Waals surface area contributed by atoms with Gasteiger partial charge in [0.05, 0.1) is 37.1 Å². The molecule has 8 nitrogen and oxygen atoms in total. The van der Waals surface area contributed by atoms with E-state index in [-0.39, 0.29) is 6.04 Å². The molecule has 8 heteroatoms. The van der Waals surface area contributed by atoms with Gasteiger partial charge in [-0.25, -0.2) is 4.98 Å². The van der Waals surface area contributed by atoms with Crippen LogP contribution in [-0.4, -0.2) is 57.5 Å². The smallest absolute Gasteiger partial charge is 0.151 e. The topological polar surface area (TPSA) is 81.0 Å². The average Bonchev–Trinajstić information content (AvgIpc) is 3.33. The van der Waals surface area contributed by atoms with Crippen molar-refractivity contribution in [3.8, 4) is 17.0 Å². The second kappa shape index (κ2) is 9.87. The van der Waals surface area contributed by atoms with Gasteiger partial charge in [0, 0.05) is 37.1 Å². The van der Waals surface area contributed by atoms with E-state index >= 15 is 0 Å². The second-order valence-corrected chi connectivity index (χ2v) is 9.30. The number of nitrogens with one attached hydrogen (secondary N) is 1. The molecule has 1 saturated carbocycles. The van der Waals surface area contributed by atoms with Gasteiger partial charge in [0.2, 0.25) is 0 Å². The fourth-order valence-electron chi connectivity index (χ4n) is 4.63. The fraction of sp³-hybridized carbons (Fsp3) is 0.520. The van der Waals surface area contributed by atoms with E-state index in [9.17, 15) is 0 Å². The van der Waals surface area contributed by atoms with Gasteiger partial charge >= 0.3 is 0 Å². The van der Waals surface area contributed by atoms with E-state index in [0.717, 1.165) is 47.5 Å². The Kier molecular flexibility index (Phi) is 6.53. The molecule has 33 heavy (non-hydrogen) atoms. The van der Waals surface area contributed by atoms with Gasteiger partial charge in [-0.3, -0.25) is 4.98 Å². The Morgan fingerprint density at radius 3 is 2.82 bits per heavy atom. The summed E-state index contributed by atoms with van der Waals surface area (Å²) in [5, 5.41) is 12.9. The standard InChI is InChI=1S/C25H33N7O/c1-18(32-16-24(28-17-32)20-11-22(33-2)14-26-13-20)23-8-9-25(30-29-23)31-10-4-7-21(15-31)27-12-19-5-3-6-19/h8-9,11,13-14,16-19,21,27H,3-7,10,12,15H2,1-2H3. The second-order valence-electron chi connectivity index (χ2n) is 9.30. The van der Waals surface area contributed by atoms with Crippen molar-refractivity contribution >= 4 is 5.82 Å². The number of nitrogens with zero attached hydrogens (tertiary/aromatic N) is 6. The lowest BCUT2D eigenvalue weighted by atomic mass is 9.85. The Labute approximate surface area is 195 Å². The van der Waals surface area contributed by atoms with Gasteiger partial charge in [0.25, 0.3) is 0 Å². The van der Waals surface area contributed by atoms with Crippen LogP contribution >= 0.6 is 0 Å². The Balaban J connectivity index is 1.22. The van der Waals surface area contributed by atoms with Crippen molar-refractivity contribution in [1.82, 2.24) is 30.0 Å². The highest BCUT2D eigenvalue weighted by atomic mass is 16.5. The fourth-order valence-corrected chi connectivity index (χ4v) is 4.63. The lowest BCUT2D eigenvalue weighted by Gasteiger charge is -2.35. The number of anilines is 1. The molecule has 0 amide bonds. The molecule has 174 valence electrons. The molecular weight excluding hydrogens is 414 g/mol. The summed E-state index contributed by atoms with van der Waals surface area (Å²) in [7, 11) is 1.64. The molecule has 1 N–H and O–H groups in total. The van der Waals surface area contributed by atoms with Crippen LogP contribution in [0.3, 0.4) is 0 Å². The molecule has 2 aliphatic rings. The van der Waals surface area contributed by atoms with E-state index in [4.69, 9.17) is 4.74 Å². The van der Waals surface area contributed by atoms with Crippen LogP contribution < -0.4 is 15.0 Å². The van der Waals surface area contributed by atoms with Crippen molar-refractivity contribution in [3.05, 3.63) is 48.8 Å². The molecule has 0 aromatic carbocycles. The highest BCUT2D eigenvalue weighted by molar-refractivity contribution is 5.58. The van der Waals surface area contributed by atoms with Gasteiger partial charge < -0.3 is 19.5 Å². The summed E-state index contributed by atoms with van der Waals surface area (Å²) in [5.41, 5.74) is 2.70. The van der Waals surface area contributed by atoms with Crippen LogP contribution in [0, 0.1) is 5.92 Å². The van der Waals surface area contributed by atoms with Crippen LogP contribution in [0.4, 0.5) is 5.82 Å². The van der Waals surface area contributed by atoms with Crippen LogP contribution in [-0.2, 0) is 0 Å². The van der Waals surface area contributed by atoms with E-state index in [1.54, 1.807) is 19.5 Å². The van der Waals surface area contributed by atoms with E-state index in [0.29, 0.717) is 6.04 Å². The largest absolute Gasteiger partial charge is 0.495 e. The zero-order valence-electron chi connectivity index (χ0n) is 19.5. The van der Waals surface area contributed by atoms with Crippen LogP contribution in [0.25, 0.3) is 11.3 Å². The highest BCUT2D eigenvalue weighted by Gasteiger charge is 2.24.